The second kappa shape index (κ2) is 5.06. The molecule has 1 heterocycles. The summed E-state index contributed by atoms with van der Waals surface area (Å²) in [5.41, 5.74) is 2.41. The van der Waals surface area contributed by atoms with Crippen LogP contribution < -0.4 is 10.2 Å². The molecule has 0 bridgehead atoms. The van der Waals surface area contributed by atoms with Crippen molar-refractivity contribution in [2.24, 2.45) is 0 Å². The van der Waals surface area contributed by atoms with Gasteiger partial charge in [0, 0.05) is 19.3 Å². The molecule has 1 amide bonds. The number of fused-ring (bicyclic) bond motifs is 1. The molecule has 1 aliphatic heterocycles. The number of hydrogen-bond acceptors (Lipinski definition) is 4. The maximum atomic E-state index is 11.6. The molecule has 1 aliphatic rings. The van der Waals surface area contributed by atoms with Gasteiger partial charge >= 0.3 is 0 Å². The number of amides is 1. The summed E-state index contributed by atoms with van der Waals surface area (Å²) in [5.74, 6) is 0.0485. The second-order valence-electron chi connectivity index (χ2n) is 4.59. The third-order valence-corrected chi connectivity index (χ3v) is 3.30. The molecule has 0 fully saturated rings. The Hall–Kier alpha value is -1.43. The highest BCUT2D eigenvalue weighted by Crippen LogP contribution is 2.30. The standard InChI is InChI=1S/C13H18N2O3/c1-14-7-11(16)13(18)8-3-4-10-9(5-8)6-12(17)15(10)2/h3-5,11,13-14,16,18H,6-7H2,1-2H3. The third kappa shape index (κ3) is 2.25. The molecule has 0 aromatic heterocycles. The van der Waals surface area contributed by atoms with Crippen molar-refractivity contribution < 1.29 is 15.0 Å². The highest BCUT2D eigenvalue weighted by molar-refractivity contribution is 6.00. The van der Waals surface area contributed by atoms with Crippen molar-refractivity contribution in [3.05, 3.63) is 29.3 Å². The number of nitrogens with zero attached hydrogens (tertiary/aromatic N) is 1. The second-order valence-corrected chi connectivity index (χ2v) is 4.59. The highest BCUT2D eigenvalue weighted by Gasteiger charge is 2.26. The average molecular weight is 250 g/mol. The lowest BCUT2D eigenvalue weighted by Gasteiger charge is -2.19. The van der Waals surface area contributed by atoms with Gasteiger partial charge in [0.15, 0.2) is 0 Å². The SMILES string of the molecule is CNCC(O)C(O)c1ccc2c(c1)CC(=O)N2C. The van der Waals surface area contributed by atoms with Crippen molar-refractivity contribution in [2.75, 3.05) is 25.5 Å². The Balaban J connectivity index is 2.23. The molecule has 0 spiro atoms. The number of aliphatic hydroxyl groups excluding tert-OH is 2. The number of benzene rings is 1. The number of nitrogens with one attached hydrogen (secondary N) is 1. The summed E-state index contributed by atoms with van der Waals surface area (Å²) in [4.78, 5) is 13.2. The largest absolute Gasteiger partial charge is 0.389 e. The van der Waals surface area contributed by atoms with Gasteiger partial charge in [0.25, 0.3) is 0 Å². The van der Waals surface area contributed by atoms with Gasteiger partial charge in [0.2, 0.25) is 5.91 Å². The lowest BCUT2D eigenvalue weighted by molar-refractivity contribution is -0.117. The van der Waals surface area contributed by atoms with Crippen LogP contribution in [0.3, 0.4) is 0 Å². The van der Waals surface area contributed by atoms with Crippen LogP contribution in [0.25, 0.3) is 0 Å². The van der Waals surface area contributed by atoms with E-state index in [2.05, 4.69) is 5.32 Å². The van der Waals surface area contributed by atoms with Gasteiger partial charge in [-0.15, -0.1) is 0 Å². The predicted molar refractivity (Wildman–Crippen MR) is 68.4 cm³/mol. The van der Waals surface area contributed by atoms with Crippen molar-refractivity contribution in [3.63, 3.8) is 0 Å². The van der Waals surface area contributed by atoms with E-state index in [0.29, 0.717) is 18.5 Å². The van der Waals surface area contributed by atoms with Crippen LogP contribution in [-0.4, -0.2) is 42.9 Å². The van der Waals surface area contributed by atoms with Crippen molar-refractivity contribution in [1.29, 1.82) is 0 Å². The number of aliphatic hydroxyl groups is 2. The quantitative estimate of drug-likeness (QED) is 0.693. The fourth-order valence-electron chi connectivity index (χ4n) is 2.22. The number of carbonyl (C=O) groups is 1. The molecule has 0 saturated carbocycles. The van der Waals surface area contributed by atoms with Gasteiger partial charge in [-0.3, -0.25) is 4.79 Å². The molecule has 1 aromatic carbocycles. The summed E-state index contributed by atoms with van der Waals surface area (Å²) in [7, 11) is 3.45. The monoisotopic (exact) mass is 250 g/mol. The maximum absolute atomic E-state index is 11.6. The molecule has 5 nitrogen and oxygen atoms in total. The Labute approximate surface area is 106 Å². The van der Waals surface area contributed by atoms with E-state index in [-0.39, 0.29) is 5.91 Å². The smallest absolute Gasteiger partial charge is 0.231 e. The molecule has 5 heteroatoms. The van der Waals surface area contributed by atoms with E-state index in [1.165, 1.54) is 0 Å². The van der Waals surface area contributed by atoms with Gasteiger partial charge in [-0.1, -0.05) is 12.1 Å². The van der Waals surface area contributed by atoms with Gasteiger partial charge in [-0.2, -0.15) is 0 Å². The molecule has 1 aromatic rings. The minimum absolute atomic E-state index is 0.0485. The zero-order valence-corrected chi connectivity index (χ0v) is 10.6. The Bertz CT molecular complexity index is 462. The fourth-order valence-corrected chi connectivity index (χ4v) is 2.22. The van der Waals surface area contributed by atoms with Crippen LogP contribution in [0.15, 0.2) is 18.2 Å². The van der Waals surface area contributed by atoms with Crippen molar-refractivity contribution in [2.45, 2.75) is 18.6 Å². The van der Waals surface area contributed by atoms with E-state index in [9.17, 15) is 15.0 Å². The van der Waals surface area contributed by atoms with Crippen LogP contribution in [0, 0.1) is 0 Å². The molecule has 0 aliphatic carbocycles. The Morgan fingerprint density at radius 2 is 2.17 bits per heavy atom. The summed E-state index contributed by atoms with van der Waals surface area (Å²) < 4.78 is 0. The van der Waals surface area contributed by atoms with Crippen LogP contribution >= 0.6 is 0 Å². The van der Waals surface area contributed by atoms with Crippen LogP contribution in [0.1, 0.15) is 17.2 Å². The summed E-state index contributed by atoms with van der Waals surface area (Å²) >= 11 is 0. The first kappa shape index (κ1) is 13.0. The number of anilines is 1. The molecule has 2 rings (SSSR count). The lowest BCUT2D eigenvalue weighted by atomic mass is 10.0. The van der Waals surface area contributed by atoms with Gasteiger partial charge in [0.05, 0.1) is 12.5 Å². The van der Waals surface area contributed by atoms with Crippen LogP contribution in [0.5, 0.6) is 0 Å². The highest BCUT2D eigenvalue weighted by atomic mass is 16.3. The van der Waals surface area contributed by atoms with Gasteiger partial charge in [-0.05, 0) is 24.2 Å². The van der Waals surface area contributed by atoms with Crippen LogP contribution in [0.4, 0.5) is 5.69 Å². The third-order valence-electron chi connectivity index (χ3n) is 3.30. The lowest BCUT2D eigenvalue weighted by Crippen LogP contribution is -2.29. The summed E-state index contributed by atoms with van der Waals surface area (Å²) in [5, 5.41) is 22.5. The van der Waals surface area contributed by atoms with E-state index in [1.54, 1.807) is 31.1 Å². The predicted octanol–water partition coefficient (Wildman–Crippen LogP) is -0.181. The molecular formula is C13H18N2O3. The van der Waals surface area contributed by atoms with E-state index in [1.807, 2.05) is 6.07 Å². The van der Waals surface area contributed by atoms with Crippen molar-refractivity contribution in [1.82, 2.24) is 5.32 Å². The Kier molecular flexibility index (Phi) is 3.65. The Morgan fingerprint density at radius 1 is 1.44 bits per heavy atom. The number of hydrogen-bond donors (Lipinski definition) is 3. The fraction of sp³-hybridized carbons (Fsp3) is 0.462. The normalized spacial score (nSPS) is 17.8. The number of likely N-dealkylation sites (N-methyl/N-ethyl adjacent to an activating group) is 2. The molecule has 0 radical (unpaired) electrons. The number of rotatable bonds is 4. The van der Waals surface area contributed by atoms with Gasteiger partial charge < -0.3 is 20.4 Å². The van der Waals surface area contributed by atoms with E-state index < -0.39 is 12.2 Å². The summed E-state index contributed by atoms with van der Waals surface area (Å²) in [6.45, 7) is 0.317. The topological polar surface area (TPSA) is 72.8 Å². The zero-order valence-electron chi connectivity index (χ0n) is 10.6. The van der Waals surface area contributed by atoms with Crippen molar-refractivity contribution in [3.8, 4) is 0 Å². The molecule has 18 heavy (non-hydrogen) atoms. The summed E-state index contributed by atoms with van der Waals surface area (Å²) in [6.07, 6.45) is -1.44. The molecule has 98 valence electrons. The maximum Gasteiger partial charge on any atom is 0.231 e. The van der Waals surface area contributed by atoms with Crippen LogP contribution in [-0.2, 0) is 11.2 Å². The first-order valence-corrected chi connectivity index (χ1v) is 5.94. The van der Waals surface area contributed by atoms with E-state index in [0.717, 1.165) is 11.3 Å². The van der Waals surface area contributed by atoms with Gasteiger partial charge in [0.1, 0.15) is 6.10 Å². The van der Waals surface area contributed by atoms with Crippen molar-refractivity contribution >= 4 is 11.6 Å². The van der Waals surface area contributed by atoms with Crippen LogP contribution in [0.2, 0.25) is 0 Å². The Morgan fingerprint density at radius 3 is 2.83 bits per heavy atom. The summed E-state index contributed by atoms with van der Waals surface area (Å²) in [6, 6.07) is 5.35. The zero-order chi connectivity index (χ0) is 13.3. The average Bonchev–Trinajstić information content (AvgIpc) is 2.64. The molecule has 0 saturated heterocycles. The van der Waals surface area contributed by atoms with E-state index in [4.69, 9.17) is 0 Å². The minimum atomic E-state index is -0.941. The minimum Gasteiger partial charge on any atom is -0.389 e. The molecule has 3 N–H and O–H groups in total. The molecule has 2 unspecified atom stereocenters. The number of carbonyl (C=O) groups excluding carboxylic acids is 1. The van der Waals surface area contributed by atoms with Gasteiger partial charge in [-0.25, -0.2) is 0 Å². The first-order valence-electron chi connectivity index (χ1n) is 5.94. The molecular weight excluding hydrogens is 232 g/mol. The van der Waals surface area contributed by atoms with E-state index >= 15 is 0 Å². The molecule has 2 atom stereocenters. The first-order chi connectivity index (χ1) is 8.54.